The van der Waals surface area contributed by atoms with Gasteiger partial charge in [0.25, 0.3) is 0 Å². The standard InChI is InChI=1S/C12H13ClFN3OS2/c1-17(2)12-15-11(16-19-12)7-20(18)6-8-3-4-9(14)5-10(8)13/h3-5H,6-7H2,1-2H3. The summed E-state index contributed by atoms with van der Waals surface area (Å²) >= 11 is 7.18. The van der Waals surface area contributed by atoms with E-state index in [4.69, 9.17) is 11.6 Å². The highest BCUT2D eigenvalue weighted by Gasteiger charge is 2.12. The number of rotatable bonds is 5. The van der Waals surface area contributed by atoms with E-state index in [0.717, 1.165) is 5.13 Å². The first kappa shape index (κ1) is 15.3. The summed E-state index contributed by atoms with van der Waals surface area (Å²) in [6, 6.07) is 4.08. The van der Waals surface area contributed by atoms with Gasteiger partial charge in [0, 0.05) is 41.5 Å². The molecule has 2 aromatic rings. The van der Waals surface area contributed by atoms with Crippen LogP contribution in [0.5, 0.6) is 0 Å². The molecule has 0 amide bonds. The Kier molecular flexibility index (Phi) is 5.06. The summed E-state index contributed by atoms with van der Waals surface area (Å²) in [5, 5.41) is 1.07. The molecule has 1 aromatic carbocycles. The van der Waals surface area contributed by atoms with Crippen molar-refractivity contribution in [2.45, 2.75) is 11.5 Å². The van der Waals surface area contributed by atoms with Crippen LogP contribution in [0.1, 0.15) is 11.4 Å². The van der Waals surface area contributed by atoms with Gasteiger partial charge in [-0.25, -0.2) is 9.37 Å². The Morgan fingerprint density at radius 2 is 2.15 bits per heavy atom. The fourth-order valence-corrected chi connectivity index (χ4v) is 3.61. The number of hydrogen-bond acceptors (Lipinski definition) is 5. The lowest BCUT2D eigenvalue weighted by molar-refractivity contribution is 0.627. The summed E-state index contributed by atoms with van der Waals surface area (Å²) in [6.07, 6.45) is 0. The third kappa shape index (κ3) is 3.97. The second kappa shape index (κ2) is 6.60. The van der Waals surface area contributed by atoms with Crippen LogP contribution in [0.4, 0.5) is 9.52 Å². The molecule has 0 saturated carbocycles. The monoisotopic (exact) mass is 333 g/mol. The molecule has 1 heterocycles. The number of halogens is 2. The second-order valence-electron chi connectivity index (χ2n) is 4.35. The van der Waals surface area contributed by atoms with Gasteiger partial charge in [0.1, 0.15) is 5.82 Å². The molecule has 2 rings (SSSR count). The maximum atomic E-state index is 12.9. The minimum atomic E-state index is -1.18. The summed E-state index contributed by atoms with van der Waals surface area (Å²) < 4.78 is 29.2. The molecule has 1 aromatic heterocycles. The van der Waals surface area contributed by atoms with Gasteiger partial charge in [0.15, 0.2) is 5.82 Å². The van der Waals surface area contributed by atoms with Crippen LogP contribution in [0.15, 0.2) is 18.2 Å². The quantitative estimate of drug-likeness (QED) is 0.844. The summed E-state index contributed by atoms with van der Waals surface area (Å²) in [5.41, 5.74) is 0.662. The molecule has 0 radical (unpaired) electrons. The van der Waals surface area contributed by atoms with Crippen LogP contribution >= 0.6 is 23.1 Å². The Bertz CT molecular complexity index is 633. The summed E-state index contributed by atoms with van der Waals surface area (Å²) in [4.78, 5) is 6.12. The lowest BCUT2D eigenvalue weighted by Gasteiger charge is -2.05. The van der Waals surface area contributed by atoms with Gasteiger partial charge in [0.05, 0.1) is 11.5 Å². The summed E-state index contributed by atoms with van der Waals surface area (Å²) in [6.45, 7) is 0. The first-order chi connectivity index (χ1) is 9.45. The van der Waals surface area contributed by atoms with Crippen LogP contribution in [0.25, 0.3) is 0 Å². The highest BCUT2D eigenvalue weighted by atomic mass is 35.5. The Hall–Kier alpha value is -1.05. The molecule has 0 fully saturated rings. The van der Waals surface area contributed by atoms with Gasteiger partial charge in [-0.05, 0) is 17.7 Å². The van der Waals surface area contributed by atoms with Crippen molar-refractivity contribution in [1.82, 2.24) is 9.36 Å². The van der Waals surface area contributed by atoms with Crippen LogP contribution < -0.4 is 4.90 Å². The molecule has 0 aliphatic rings. The molecule has 1 atom stereocenters. The van der Waals surface area contributed by atoms with E-state index in [9.17, 15) is 8.60 Å². The first-order valence-corrected chi connectivity index (χ1v) is 8.38. The lowest BCUT2D eigenvalue weighted by Crippen LogP contribution is -2.08. The van der Waals surface area contributed by atoms with E-state index in [2.05, 4.69) is 9.36 Å². The minimum Gasteiger partial charge on any atom is -0.353 e. The molecule has 1 unspecified atom stereocenters. The van der Waals surface area contributed by atoms with Crippen molar-refractivity contribution in [3.63, 3.8) is 0 Å². The number of anilines is 1. The van der Waals surface area contributed by atoms with E-state index < -0.39 is 16.6 Å². The molecule has 0 spiro atoms. The van der Waals surface area contributed by atoms with Crippen molar-refractivity contribution < 1.29 is 8.60 Å². The molecular formula is C12H13ClFN3OS2. The molecule has 20 heavy (non-hydrogen) atoms. The Labute approximate surface area is 128 Å². The topological polar surface area (TPSA) is 46.1 Å². The van der Waals surface area contributed by atoms with E-state index in [0.29, 0.717) is 16.4 Å². The first-order valence-electron chi connectivity index (χ1n) is 5.74. The second-order valence-corrected chi connectivity index (χ2v) is 6.95. The molecule has 0 N–H and O–H groups in total. The molecule has 8 heteroatoms. The van der Waals surface area contributed by atoms with Gasteiger partial charge in [0.2, 0.25) is 5.13 Å². The SMILES string of the molecule is CN(C)c1nc(CS(=O)Cc2ccc(F)cc2Cl)ns1. The predicted octanol–water partition coefficient (Wildman–Crippen LogP) is 2.85. The zero-order valence-corrected chi connectivity index (χ0v) is 13.4. The van der Waals surface area contributed by atoms with E-state index in [1.54, 1.807) is 6.07 Å². The highest BCUT2D eigenvalue weighted by Crippen LogP contribution is 2.20. The molecular weight excluding hydrogens is 321 g/mol. The zero-order valence-electron chi connectivity index (χ0n) is 11.0. The van der Waals surface area contributed by atoms with Crippen LogP contribution in [0, 0.1) is 5.82 Å². The van der Waals surface area contributed by atoms with Crippen LogP contribution in [0.2, 0.25) is 5.02 Å². The van der Waals surface area contributed by atoms with Gasteiger partial charge in [-0.2, -0.15) is 4.37 Å². The average Bonchev–Trinajstić information content (AvgIpc) is 2.81. The fraction of sp³-hybridized carbons (Fsp3) is 0.333. The highest BCUT2D eigenvalue weighted by molar-refractivity contribution is 7.83. The fourth-order valence-electron chi connectivity index (χ4n) is 1.49. The van der Waals surface area contributed by atoms with E-state index in [1.807, 2.05) is 19.0 Å². The summed E-state index contributed by atoms with van der Waals surface area (Å²) in [7, 11) is 2.57. The Morgan fingerprint density at radius 3 is 2.75 bits per heavy atom. The average molecular weight is 334 g/mol. The number of aromatic nitrogens is 2. The van der Waals surface area contributed by atoms with Gasteiger partial charge in [-0.3, -0.25) is 4.21 Å². The third-order valence-corrected chi connectivity index (χ3v) is 4.95. The molecule has 0 bridgehead atoms. The van der Waals surface area contributed by atoms with Gasteiger partial charge < -0.3 is 4.90 Å². The van der Waals surface area contributed by atoms with Crippen molar-refractivity contribution in [3.8, 4) is 0 Å². The van der Waals surface area contributed by atoms with Crippen molar-refractivity contribution in [2.75, 3.05) is 19.0 Å². The maximum absolute atomic E-state index is 12.9. The van der Waals surface area contributed by atoms with Crippen molar-refractivity contribution >= 4 is 39.1 Å². The number of hydrogen-bond donors (Lipinski definition) is 0. The predicted molar refractivity (Wildman–Crippen MR) is 81.2 cm³/mol. The lowest BCUT2D eigenvalue weighted by atomic mass is 10.2. The van der Waals surface area contributed by atoms with Crippen LogP contribution in [0.3, 0.4) is 0 Å². The third-order valence-electron chi connectivity index (χ3n) is 2.46. The van der Waals surface area contributed by atoms with E-state index >= 15 is 0 Å². The maximum Gasteiger partial charge on any atom is 0.204 e. The molecule has 0 saturated heterocycles. The molecule has 0 aliphatic carbocycles. The van der Waals surface area contributed by atoms with Crippen molar-refractivity contribution in [1.29, 1.82) is 0 Å². The Morgan fingerprint density at radius 1 is 1.40 bits per heavy atom. The van der Waals surface area contributed by atoms with Gasteiger partial charge in [-0.1, -0.05) is 17.7 Å². The minimum absolute atomic E-state index is 0.260. The van der Waals surface area contributed by atoms with E-state index in [1.165, 1.54) is 23.7 Å². The van der Waals surface area contributed by atoms with Crippen molar-refractivity contribution in [3.05, 3.63) is 40.4 Å². The van der Waals surface area contributed by atoms with Gasteiger partial charge >= 0.3 is 0 Å². The Balaban J connectivity index is 2.01. The van der Waals surface area contributed by atoms with Gasteiger partial charge in [-0.15, -0.1) is 0 Å². The molecule has 0 aliphatic heterocycles. The normalized spacial score (nSPS) is 12.4. The van der Waals surface area contributed by atoms with Crippen LogP contribution in [-0.4, -0.2) is 27.7 Å². The van der Waals surface area contributed by atoms with Crippen molar-refractivity contribution in [2.24, 2.45) is 0 Å². The largest absolute Gasteiger partial charge is 0.353 e. The molecule has 4 nitrogen and oxygen atoms in total. The number of nitrogens with zero attached hydrogens (tertiary/aromatic N) is 3. The smallest absolute Gasteiger partial charge is 0.204 e. The van der Waals surface area contributed by atoms with Crippen LogP contribution in [-0.2, 0) is 22.3 Å². The molecule has 108 valence electrons. The summed E-state index contributed by atoms with van der Waals surface area (Å²) in [5.74, 6) is 0.671. The van der Waals surface area contributed by atoms with E-state index in [-0.39, 0.29) is 11.5 Å². The number of benzene rings is 1. The zero-order chi connectivity index (χ0) is 14.7.